The summed E-state index contributed by atoms with van der Waals surface area (Å²) in [7, 11) is 1.34. The molecule has 7 heteroatoms. The molecule has 0 spiro atoms. The smallest absolute Gasteiger partial charge is 0.339 e. The van der Waals surface area contributed by atoms with Crippen LogP contribution in [0.25, 0.3) is 11.4 Å². The molecule has 2 aromatic heterocycles. The number of carbonyl (C=O) groups excluding carboxylic acids is 2. The van der Waals surface area contributed by atoms with Crippen molar-refractivity contribution in [3.8, 4) is 11.4 Å². The van der Waals surface area contributed by atoms with Crippen molar-refractivity contribution in [2.75, 3.05) is 7.11 Å². The predicted molar refractivity (Wildman–Crippen MR) is 129 cm³/mol. The maximum Gasteiger partial charge on any atom is 0.339 e. The molecule has 0 aliphatic heterocycles. The molecule has 5 nitrogen and oxygen atoms in total. The monoisotopic (exact) mass is 474 g/mol. The third-order valence-electron chi connectivity index (χ3n) is 5.26. The normalized spacial score (nSPS) is 10.8. The predicted octanol–water partition coefficient (Wildman–Crippen LogP) is 5.82. The molecule has 2 aromatic carbocycles. The fourth-order valence-corrected chi connectivity index (χ4v) is 4.40. The van der Waals surface area contributed by atoms with Crippen molar-refractivity contribution >= 4 is 23.5 Å². The molecule has 0 aliphatic rings. The molecule has 34 heavy (non-hydrogen) atoms. The quantitative estimate of drug-likeness (QED) is 0.326. The Morgan fingerprint density at radius 3 is 2.56 bits per heavy atom. The van der Waals surface area contributed by atoms with Crippen LogP contribution in [0.15, 0.2) is 82.8 Å². The summed E-state index contributed by atoms with van der Waals surface area (Å²) in [6, 6.07) is 18.1. The third kappa shape index (κ3) is 5.80. The average Bonchev–Trinajstić information content (AvgIpc) is 3.33. The summed E-state index contributed by atoms with van der Waals surface area (Å²) in [6.07, 6.45) is 3.65. The molecule has 0 amide bonds. The summed E-state index contributed by atoms with van der Waals surface area (Å²) in [6.45, 7) is 1.88. The van der Waals surface area contributed by atoms with Gasteiger partial charge in [0, 0.05) is 35.0 Å². The molecule has 172 valence electrons. The maximum absolute atomic E-state index is 13.9. The van der Waals surface area contributed by atoms with Gasteiger partial charge in [0.15, 0.2) is 0 Å². The Balaban J connectivity index is 1.39. The minimum Gasteiger partial charge on any atom is -0.465 e. The maximum atomic E-state index is 13.9. The summed E-state index contributed by atoms with van der Waals surface area (Å²) in [5.74, 6) is -0.778. The van der Waals surface area contributed by atoms with Crippen LogP contribution in [-0.4, -0.2) is 28.8 Å². The van der Waals surface area contributed by atoms with Crippen molar-refractivity contribution in [3.63, 3.8) is 0 Å². The molecule has 2 heterocycles. The Morgan fingerprint density at radius 1 is 1.00 bits per heavy atom. The van der Waals surface area contributed by atoms with Crippen molar-refractivity contribution in [2.45, 2.75) is 29.6 Å². The van der Waals surface area contributed by atoms with E-state index in [9.17, 15) is 14.0 Å². The number of benzene rings is 2. The Morgan fingerprint density at radius 2 is 1.79 bits per heavy atom. The molecule has 0 unspecified atom stereocenters. The number of pyridine rings is 1. The highest BCUT2D eigenvalue weighted by molar-refractivity contribution is 7.99. The lowest BCUT2D eigenvalue weighted by atomic mass is 10.0. The van der Waals surface area contributed by atoms with E-state index in [-0.39, 0.29) is 24.4 Å². The summed E-state index contributed by atoms with van der Waals surface area (Å²) in [5, 5.41) is 0. The highest BCUT2D eigenvalue weighted by Crippen LogP contribution is 2.30. The summed E-state index contributed by atoms with van der Waals surface area (Å²) in [4.78, 5) is 33.6. The van der Waals surface area contributed by atoms with Crippen LogP contribution < -0.4 is 0 Å². The number of rotatable bonds is 8. The van der Waals surface area contributed by atoms with Crippen LogP contribution in [0.5, 0.6) is 0 Å². The van der Waals surface area contributed by atoms with Crippen LogP contribution in [-0.2, 0) is 22.4 Å². The van der Waals surface area contributed by atoms with Crippen LogP contribution >= 0.6 is 11.8 Å². The molecule has 4 aromatic rings. The van der Waals surface area contributed by atoms with Gasteiger partial charge in [-0.05, 0) is 54.4 Å². The Kier molecular flexibility index (Phi) is 7.23. The number of hydrogen-bond donors (Lipinski definition) is 1. The number of ketones is 1. The molecule has 0 fully saturated rings. The number of H-pyrrole nitrogens is 1. The zero-order valence-electron chi connectivity index (χ0n) is 18.8. The summed E-state index contributed by atoms with van der Waals surface area (Å²) < 4.78 is 18.7. The van der Waals surface area contributed by atoms with Crippen LogP contribution in [0.1, 0.15) is 27.0 Å². The van der Waals surface area contributed by atoms with Crippen LogP contribution in [0.3, 0.4) is 0 Å². The second kappa shape index (κ2) is 10.5. The number of nitrogens with zero attached hydrogens (tertiary/aromatic N) is 1. The highest BCUT2D eigenvalue weighted by atomic mass is 32.2. The van der Waals surface area contributed by atoms with Gasteiger partial charge in [0.2, 0.25) is 0 Å². The van der Waals surface area contributed by atoms with Gasteiger partial charge in [-0.15, -0.1) is 0 Å². The van der Waals surface area contributed by atoms with Gasteiger partial charge in [0.1, 0.15) is 11.6 Å². The highest BCUT2D eigenvalue weighted by Gasteiger charge is 2.12. The van der Waals surface area contributed by atoms with E-state index in [0.29, 0.717) is 16.8 Å². The van der Waals surface area contributed by atoms with Crippen molar-refractivity contribution in [1.29, 1.82) is 0 Å². The standard InChI is InChI=1S/C27H23FN2O3S/c1-17-3-8-24(28)19(11-17)13-21(31)12-18-4-6-22(7-5-18)34-23-9-10-29-26(15-23)25-14-20(16-30-25)27(32)33-2/h3-11,14-16,30H,12-13H2,1-2H3. The molecule has 4 rings (SSSR count). The second-order valence-corrected chi connectivity index (χ2v) is 9.05. The van der Waals surface area contributed by atoms with E-state index in [2.05, 4.69) is 9.97 Å². The van der Waals surface area contributed by atoms with Gasteiger partial charge in [0.05, 0.1) is 24.1 Å². The third-order valence-corrected chi connectivity index (χ3v) is 6.26. The first-order valence-corrected chi connectivity index (χ1v) is 11.5. The van der Waals surface area contributed by atoms with Gasteiger partial charge < -0.3 is 9.72 Å². The number of nitrogens with one attached hydrogen (secondary N) is 1. The van der Waals surface area contributed by atoms with E-state index < -0.39 is 5.97 Å². The van der Waals surface area contributed by atoms with Crippen LogP contribution in [0.2, 0.25) is 0 Å². The zero-order chi connectivity index (χ0) is 24.1. The van der Waals surface area contributed by atoms with Gasteiger partial charge >= 0.3 is 5.97 Å². The molecular weight excluding hydrogens is 451 g/mol. The van der Waals surface area contributed by atoms with Crippen molar-refractivity contribution in [3.05, 3.63) is 101 Å². The van der Waals surface area contributed by atoms with E-state index >= 15 is 0 Å². The molecule has 0 saturated carbocycles. The number of aryl methyl sites for hydroxylation is 1. The van der Waals surface area contributed by atoms with Gasteiger partial charge in [-0.1, -0.05) is 41.6 Å². The SMILES string of the molecule is COC(=O)c1c[nH]c(-c2cc(Sc3ccc(CC(=O)Cc4cc(C)ccc4F)cc3)ccn2)c1. The lowest BCUT2D eigenvalue weighted by molar-refractivity contribution is -0.117. The molecule has 0 radical (unpaired) electrons. The van der Waals surface area contributed by atoms with Gasteiger partial charge in [-0.25, -0.2) is 9.18 Å². The number of aromatic amines is 1. The van der Waals surface area contributed by atoms with Crippen molar-refractivity contribution < 1.29 is 18.7 Å². The number of carbonyl (C=O) groups is 2. The Labute approximate surface area is 201 Å². The lowest BCUT2D eigenvalue weighted by Crippen LogP contribution is -2.08. The van der Waals surface area contributed by atoms with Gasteiger partial charge in [0.25, 0.3) is 0 Å². The van der Waals surface area contributed by atoms with Gasteiger partial charge in [-0.2, -0.15) is 0 Å². The number of Topliss-reactive ketones (excluding diaryl/α,β-unsaturated/α-hetero) is 1. The fraction of sp³-hybridized carbons (Fsp3) is 0.148. The van der Waals surface area contributed by atoms with E-state index in [4.69, 9.17) is 4.74 Å². The average molecular weight is 475 g/mol. The fourth-order valence-electron chi connectivity index (χ4n) is 3.55. The topological polar surface area (TPSA) is 72.1 Å². The first kappa shape index (κ1) is 23.4. The molecule has 0 bridgehead atoms. The first-order chi connectivity index (χ1) is 16.4. The van der Waals surface area contributed by atoms with E-state index in [0.717, 1.165) is 26.6 Å². The Hall–Kier alpha value is -3.71. The Bertz CT molecular complexity index is 1330. The number of methoxy groups -OCH3 is 1. The summed E-state index contributed by atoms with van der Waals surface area (Å²) in [5.41, 5.74) is 4.14. The number of ether oxygens (including phenoxy) is 1. The number of halogens is 1. The lowest BCUT2D eigenvalue weighted by Gasteiger charge is -2.07. The van der Waals surface area contributed by atoms with E-state index in [1.807, 2.05) is 43.3 Å². The minimum absolute atomic E-state index is 0.0269. The van der Waals surface area contributed by atoms with E-state index in [1.54, 1.807) is 42.4 Å². The van der Waals surface area contributed by atoms with Crippen LogP contribution in [0.4, 0.5) is 4.39 Å². The van der Waals surface area contributed by atoms with Crippen molar-refractivity contribution in [1.82, 2.24) is 9.97 Å². The molecule has 1 N–H and O–H groups in total. The van der Waals surface area contributed by atoms with E-state index in [1.165, 1.54) is 13.2 Å². The summed E-state index contributed by atoms with van der Waals surface area (Å²) >= 11 is 1.57. The van der Waals surface area contributed by atoms with Crippen molar-refractivity contribution in [2.24, 2.45) is 0 Å². The second-order valence-electron chi connectivity index (χ2n) is 7.90. The van der Waals surface area contributed by atoms with Crippen LogP contribution in [0, 0.1) is 12.7 Å². The molecule has 0 atom stereocenters. The molecular formula is C27H23FN2O3S. The van der Waals surface area contributed by atoms with Gasteiger partial charge in [-0.3, -0.25) is 9.78 Å². The largest absolute Gasteiger partial charge is 0.465 e. The zero-order valence-corrected chi connectivity index (χ0v) is 19.6. The number of esters is 1. The molecule has 0 aliphatic carbocycles. The first-order valence-electron chi connectivity index (χ1n) is 10.7. The molecule has 0 saturated heterocycles. The number of aromatic nitrogens is 2. The number of hydrogen-bond acceptors (Lipinski definition) is 5. The minimum atomic E-state index is -0.407.